The third kappa shape index (κ3) is 4.04. The molecule has 4 rings (SSSR count). The van der Waals surface area contributed by atoms with Crippen molar-refractivity contribution in [1.29, 1.82) is 0 Å². The van der Waals surface area contributed by atoms with Gasteiger partial charge in [-0.25, -0.2) is 0 Å². The van der Waals surface area contributed by atoms with Gasteiger partial charge in [0, 0.05) is 13.7 Å². The number of carbonyl (C=O) groups excluding carboxylic acids is 3. The quantitative estimate of drug-likeness (QED) is 0.709. The van der Waals surface area contributed by atoms with E-state index < -0.39 is 11.9 Å². The number of methoxy groups -OCH3 is 1. The smallest absolute Gasteiger partial charge is 0.290 e. The number of Topliss-reactive ketones (excluding diaryl/α,β-unsaturated/α-hetero) is 1. The van der Waals surface area contributed by atoms with Gasteiger partial charge in [-0.3, -0.25) is 14.4 Å². The van der Waals surface area contributed by atoms with E-state index in [0.29, 0.717) is 30.4 Å². The number of nitrogens with two attached hydrogens (primary N) is 1. The molecule has 3 aliphatic rings. The van der Waals surface area contributed by atoms with Gasteiger partial charge in [-0.15, -0.1) is 0 Å². The summed E-state index contributed by atoms with van der Waals surface area (Å²) < 4.78 is 16.7. The van der Waals surface area contributed by atoms with Crippen LogP contribution in [0.1, 0.15) is 37.8 Å². The molecule has 1 aromatic carbocycles. The second kappa shape index (κ2) is 8.70. The molecule has 2 amide bonds. The summed E-state index contributed by atoms with van der Waals surface area (Å²) in [5.41, 5.74) is 6.35. The minimum absolute atomic E-state index is 0.0186. The topological polar surface area (TPSA) is 108 Å². The highest BCUT2D eigenvalue weighted by atomic mass is 16.5. The molecule has 0 bridgehead atoms. The van der Waals surface area contributed by atoms with Crippen molar-refractivity contribution in [2.24, 2.45) is 17.6 Å². The number of fused-ring (bicyclic) bond motifs is 1. The molecule has 4 atom stereocenters. The lowest BCUT2D eigenvalue weighted by Crippen LogP contribution is -2.41. The Kier molecular flexibility index (Phi) is 6.00. The van der Waals surface area contributed by atoms with E-state index in [1.54, 1.807) is 36.3 Å². The van der Waals surface area contributed by atoms with Crippen molar-refractivity contribution < 1.29 is 28.6 Å². The zero-order chi connectivity index (χ0) is 22.1. The summed E-state index contributed by atoms with van der Waals surface area (Å²) in [6, 6.07) is 6.47. The first-order valence-corrected chi connectivity index (χ1v) is 10.7. The highest BCUT2D eigenvalue weighted by Crippen LogP contribution is 2.47. The van der Waals surface area contributed by atoms with Crippen LogP contribution < -0.4 is 10.5 Å². The number of nitrogens with zero attached hydrogens (tertiary/aromatic N) is 1. The van der Waals surface area contributed by atoms with Crippen molar-refractivity contribution >= 4 is 17.6 Å². The molecular formula is C23H28N2O6. The largest absolute Gasteiger partial charge is 0.484 e. The zero-order valence-corrected chi connectivity index (χ0v) is 17.8. The van der Waals surface area contributed by atoms with Crippen LogP contribution in [0.5, 0.6) is 5.75 Å². The number of hydrogen-bond donors (Lipinski definition) is 1. The molecule has 1 saturated carbocycles. The molecule has 1 aromatic rings. The number of amides is 2. The van der Waals surface area contributed by atoms with Crippen LogP contribution in [0.2, 0.25) is 0 Å². The van der Waals surface area contributed by atoms with E-state index in [2.05, 4.69) is 6.92 Å². The summed E-state index contributed by atoms with van der Waals surface area (Å²) >= 11 is 0. The lowest BCUT2D eigenvalue weighted by Gasteiger charge is -2.37. The Morgan fingerprint density at radius 3 is 2.65 bits per heavy atom. The van der Waals surface area contributed by atoms with Crippen molar-refractivity contribution in [3.8, 4) is 5.75 Å². The lowest BCUT2D eigenvalue weighted by atomic mass is 9.74. The van der Waals surface area contributed by atoms with Gasteiger partial charge in [-0.1, -0.05) is 19.1 Å². The number of ketones is 1. The lowest BCUT2D eigenvalue weighted by molar-refractivity contribution is -0.136. The number of ether oxygens (including phenoxy) is 3. The molecule has 0 saturated heterocycles. The van der Waals surface area contributed by atoms with E-state index in [4.69, 9.17) is 19.9 Å². The predicted octanol–water partition coefficient (Wildman–Crippen LogP) is 1.74. The number of carbonyl (C=O) groups is 3. The van der Waals surface area contributed by atoms with Gasteiger partial charge in [0.25, 0.3) is 11.8 Å². The van der Waals surface area contributed by atoms with Crippen LogP contribution in [0.3, 0.4) is 0 Å². The monoisotopic (exact) mass is 428 g/mol. The van der Waals surface area contributed by atoms with E-state index in [0.717, 1.165) is 24.8 Å². The minimum Gasteiger partial charge on any atom is -0.484 e. The summed E-state index contributed by atoms with van der Waals surface area (Å²) in [5.74, 6) is 0.109. The first kappa shape index (κ1) is 21.4. The van der Waals surface area contributed by atoms with Gasteiger partial charge in [0.05, 0.1) is 24.1 Å². The molecule has 166 valence electrons. The third-order valence-electron chi connectivity index (χ3n) is 6.32. The molecule has 0 radical (unpaired) electrons. The number of rotatable bonds is 7. The predicted molar refractivity (Wildman–Crippen MR) is 111 cm³/mol. The van der Waals surface area contributed by atoms with Gasteiger partial charge in [-0.05, 0) is 42.9 Å². The van der Waals surface area contributed by atoms with Crippen LogP contribution in [0.4, 0.5) is 0 Å². The Bertz CT molecular complexity index is 909. The van der Waals surface area contributed by atoms with Crippen LogP contribution in [0.15, 0.2) is 35.6 Å². The summed E-state index contributed by atoms with van der Waals surface area (Å²) in [4.78, 5) is 39.4. The van der Waals surface area contributed by atoms with Gasteiger partial charge in [0.1, 0.15) is 11.9 Å². The maximum atomic E-state index is 13.6. The van der Waals surface area contributed by atoms with Gasteiger partial charge < -0.3 is 24.8 Å². The van der Waals surface area contributed by atoms with Crippen LogP contribution in [-0.4, -0.2) is 55.5 Å². The summed E-state index contributed by atoms with van der Waals surface area (Å²) in [6.07, 6.45) is 2.34. The van der Waals surface area contributed by atoms with Crippen molar-refractivity contribution in [3.05, 3.63) is 41.2 Å². The van der Waals surface area contributed by atoms with Crippen LogP contribution >= 0.6 is 0 Å². The molecule has 4 unspecified atom stereocenters. The molecule has 8 heteroatoms. The van der Waals surface area contributed by atoms with E-state index in [9.17, 15) is 14.4 Å². The van der Waals surface area contributed by atoms with Crippen LogP contribution in [0, 0.1) is 11.8 Å². The van der Waals surface area contributed by atoms with Crippen LogP contribution in [-0.2, 0) is 23.9 Å². The molecule has 1 fully saturated rings. The normalized spacial score (nSPS) is 27.6. The first-order valence-electron chi connectivity index (χ1n) is 10.7. The summed E-state index contributed by atoms with van der Waals surface area (Å²) in [7, 11) is 1.57. The Hall–Kier alpha value is -2.87. The highest BCUT2D eigenvalue weighted by molar-refractivity contribution is 6.11. The van der Waals surface area contributed by atoms with E-state index in [-0.39, 0.29) is 36.1 Å². The van der Waals surface area contributed by atoms with Crippen molar-refractivity contribution in [2.45, 2.75) is 38.3 Å². The molecule has 0 spiro atoms. The van der Waals surface area contributed by atoms with Crippen molar-refractivity contribution in [2.75, 3.05) is 26.9 Å². The Labute approximate surface area is 181 Å². The minimum atomic E-state index is -0.563. The average Bonchev–Trinajstić information content (AvgIpc) is 3.03. The number of hydrogen-bond acceptors (Lipinski definition) is 6. The van der Waals surface area contributed by atoms with Gasteiger partial charge in [0.15, 0.2) is 18.1 Å². The van der Waals surface area contributed by atoms with Crippen molar-refractivity contribution in [3.63, 3.8) is 0 Å². The highest BCUT2D eigenvalue weighted by Gasteiger charge is 2.52. The van der Waals surface area contributed by atoms with Crippen molar-refractivity contribution in [1.82, 2.24) is 4.90 Å². The van der Waals surface area contributed by atoms with E-state index in [1.165, 1.54) is 0 Å². The summed E-state index contributed by atoms with van der Waals surface area (Å²) in [6.45, 7) is 2.63. The van der Waals surface area contributed by atoms with Gasteiger partial charge in [0.2, 0.25) is 0 Å². The Balaban J connectivity index is 1.67. The maximum Gasteiger partial charge on any atom is 0.290 e. The molecular weight excluding hydrogens is 400 g/mol. The Morgan fingerprint density at radius 1 is 1.23 bits per heavy atom. The van der Waals surface area contributed by atoms with E-state index >= 15 is 0 Å². The number of primary amides is 1. The molecule has 31 heavy (non-hydrogen) atoms. The fourth-order valence-corrected chi connectivity index (χ4v) is 4.79. The van der Waals surface area contributed by atoms with Gasteiger partial charge >= 0.3 is 0 Å². The second-order valence-corrected chi connectivity index (χ2v) is 8.51. The zero-order valence-electron chi connectivity index (χ0n) is 17.8. The molecule has 1 aliphatic carbocycles. The van der Waals surface area contributed by atoms with Crippen LogP contribution in [0.25, 0.3) is 0 Å². The third-order valence-corrected chi connectivity index (χ3v) is 6.32. The Morgan fingerprint density at radius 2 is 1.97 bits per heavy atom. The summed E-state index contributed by atoms with van der Waals surface area (Å²) in [5, 5.41) is 0. The fraction of sp³-hybridized carbons (Fsp3) is 0.522. The fourth-order valence-electron chi connectivity index (χ4n) is 4.79. The molecule has 2 N–H and O–H groups in total. The maximum absolute atomic E-state index is 13.6. The van der Waals surface area contributed by atoms with E-state index in [1.807, 2.05) is 0 Å². The first-order chi connectivity index (χ1) is 14.9. The SMILES string of the molecule is COCCN1C(=O)C2=C(C(=O)C3CC(C)CCC3O2)C1c1ccc(OCC(N)=O)cc1. The molecule has 2 heterocycles. The molecule has 8 nitrogen and oxygen atoms in total. The van der Waals surface area contributed by atoms with Gasteiger partial charge in [-0.2, -0.15) is 0 Å². The molecule has 2 aliphatic heterocycles. The average molecular weight is 428 g/mol. The standard InChI is InChI=1S/C23H28N2O6/c1-13-3-8-17-16(11-13)21(27)19-20(25(9-10-29-2)23(28)22(19)31-17)14-4-6-15(7-5-14)30-12-18(24)26/h4-7,13,16-17,20H,3,8-12H2,1-2H3,(H2,24,26). The molecule has 0 aromatic heterocycles. The second-order valence-electron chi connectivity index (χ2n) is 8.51. The number of benzene rings is 1.